The van der Waals surface area contributed by atoms with Gasteiger partial charge >= 0.3 is 0 Å². The SMILES string of the molecule is CCc1ccc(CN(C(=O)c2ccc(C)cc2)[C@H]2CCS(=O)(=O)C2)cc1. The third-order valence-electron chi connectivity index (χ3n) is 4.99. The van der Waals surface area contributed by atoms with Crippen LogP contribution in [0.4, 0.5) is 0 Å². The average molecular weight is 372 g/mol. The molecule has 2 aromatic carbocycles. The third kappa shape index (κ3) is 4.33. The van der Waals surface area contributed by atoms with Gasteiger partial charge < -0.3 is 4.90 Å². The Labute approximate surface area is 155 Å². The Kier molecular flexibility index (Phi) is 5.47. The second kappa shape index (κ2) is 7.62. The highest BCUT2D eigenvalue weighted by Crippen LogP contribution is 2.23. The number of amides is 1. The van der Waals surface area contributed by atoms with Gasteiger partial charge in [-0.25, -0.2) is 8.42 Å². The molecule has 0 N–H and O–H groups in total. The minimum atomic E-state index is -3.06. The summed E-state index contributed by atoms with van der Waals surface area (Å²) >= 11 is 0. The fraction of sp³-hybridized carbons (Fsp3) is 0.381. The fourth-order valence-electron chi connectivity index (χ4n) is 3.33. The highest BCUT2D eigenvalue weighted by atomic mass is 32.2. The van der Waals surface area contributed by atoms with Crippen LogP contribution in [-0.4, -0.2) is 36.8 Å². The van der Waals surface area contributed by atoms with Crippen molar-refractivity contribution in [2.45, 2.75) is 39.3 Å². The number of hydrogen-bond acceptors (Lipinski definition) is 3. The van der Waals surface area contributed by atoms with Gasteiger partial charge in [-0.15, -0.1) is 0 Å². The molecule has 1 aliphatic rings. The number of nitrogens with zero attached hydrogens (tertiary/aromatic N) is 1. The molecule has 1 fully saturated rings. The number of benzene rings is 2. The number of carbonyl (C=O) groups excluding carboxylic acids is 1. The molecule has 1 amide bonds. The maximum atomic E-state index is 13.1. The van der Waals surface area contributed by atoms with Crippen LogP contribution in [0.5, 0.6) is 0 Å². The predicted molar refractivity (Wildman–Crippen MR) is 104 cm³/mol. The first-order chi connectivity index (χ1) is 12.4. The zero-order chi connectivity index (χ0) is 18.7. The van der Waals surface area contributed by atoms with E-state index in [4.69, 9.17) is 0 Å². The van der Waals surface area contributed by atoms with Crippen LogP contribution in [0.15, 0.2) is 48.5 Å². The summed E-state index contributed by atoms with van der Waals surface area (Å²) in [5.74, 6) is 0.105. The normalized spacial score (nSPS) is 18.6. The molecule has 0 spiro atoms. The number of hydrogen-bond donors (Lipinski definition) is 0. The molecule has 1 aliphatic heterocycles. The molecule has 0 bridgehead atoms. The largest absolute Gasteiger partial charge is 0.330 e. The Bertz CT molecular complexity index is 870. The van der Waals surface area contributed by atoms with Gasteiger partial charge in [-0.05, 0) is 43.0 Å². The van der Waals surface area contributed by atoms with E-state index in [-0.39, 0.29) is 23.5 Å². The highest BCUT2D eigenvalue weighted by molar-refractivity contribution is 7.91. The van der Waals surface area contributed by atoms with Crippen LogP contribution < -0.4 is 0 Å². The monoisotopic (exact) mass is 371 g/mol. The summed E-state index contributed by atoms with van der Waals surface area (Å²) in [5, 5.41) is 0. The summed E-state index contributed by atoms with van der Waals surface area (Å²) in [5.41, 5.74) is 3.96. The summed E-state index contributed by atoms with van der Waals surface area (Å²) in [4.78, 5) is 14.8. The molecule has 0 saturated carbocycles. The molecule has 2 aromatic rings. The van der Waals surface area contributed by atoms with Crippen molar-refractivity contribution in [3.63, 3.8) is 0 Å². The molecule has 0 aromatic heterocycles. The quantitative estimate of drug-likeness (QED) is 0.810. The number of aryl methyl sites for hydroxylation is 2. The van der Waals surface area contributed by atoms with E-state index in [1.807, 2.05) is 43.3 Å². The molecule has 0 unspecified atom stereocenters. The molecule has 3 rings (SSSR count). The van der Waals surface area contributed by atoms with Gasteiger partial charge in [-0.3, -0.25) is 4.79 Å². The van der Waals surface area contributed by atoms with Crippen molar-refractivity contribution >= 4 is 15.7 Å². The van der Waals surface area contributed by atoms with Crippen LogP contribution in [-0.2, 0) is 22.8 Å². The second-order valence-corrected chi connectivity index (χ2v) is 9.25. The lowest BCUT2D eigenvalue weighted by molar-refractivity contribution is 0.0681. The van der Waals surface area contributed by atoms with Gasteiger partial charge in [-0.1, -0.05) is 48.9 Å². The highest BCUT2D eigenvalue weighted by Gasteiger charge is 2.35. The zero-order valence-electron chi connectivity index (χ0n) is 15.3. The summed E-state index contributed by atoms with van der Waals surface area (Å²) in [6.07, 6.45) is 1.47. The summed E-state index contributed by atoms with van der Waals surface area (Å²) in [6.45, 7) is 4.51. The number of sulfone groups is 1. The number of carbonyl (C=O) groups is 1. The molecule has 1 heterocycles. The van der Waals surface area contributed by atoms with Crippen LogP contribution in [0.1, 0.15) is 40.4 Å². The maximum Gasteiger partial charge on any atom is 0.254 e. The maximum absolute atomic E-state index is 13.1. The van der Waals surface area contributed by atoms with Crippen LogP contribution >= 0.6 is 0 Å². The molecule has 1 saturated heterocycles. The molecule has 5 heteroatoms. The van der Waals surface area contributed by atoms with E-state index in [1.54, 1.807) is 4.90 Å². The first-order valence-corrected chi connectivity index (χ1v) is 10.9. The van der Waals surface area contributed by atoms with Crippen molar-refractivity contribution < 1.29 is 13.2 Å². The minimum absolute atomic E-state index is 0.0532. The minimum Gasteiger partial charge on any atom is -0.330 e. The summed E-state index contributed by atoms with van der Waals surface area (Å²) in [6, 6.07) is 15.4. The van der Waals surface area contributed by atoms with E-state index in [9.17, 15) is 13.2 Å². The zero-order valence-corrected chi connectivity index (χ0v) is 16.1. The molecule has 0 radical (unpaired) electrons. The van der Waals surface area contributed by atoms with Crippen molar-refractivity contribution in [3.05, 3.63) is 70.8 Å². The van der Waals surface area contributed by atoms with E-state index >= 15 is 0 Å². The second-order valence-electron chi connectivity index (χ2n) is 7.03. The van der Waals surface area contributed by atoms with Gasteiger partial charge in [0.1, 0.15) is 0 Å². The Balaban J connectivity index is 1.88. The standard InChI is InChI=1S/C21H25NO3S/c1-3-17-6-8-18(9-7-17)14-22(20-12-13-26(24,25)15-20)21(23)19-10-4-16(2)5-11-19/h4-11,20H,3,12-15H2,1-2H3/t20-/m0/s1. The van der Waals surface area contributed by atoms with E-state index in [0.717, 1.165) is 17.5 Å². The first kappa shape index (κ1) is 18.6. The first-order valence-electron chi connectivity index (χ1n) is 9.04. The molecule has 1 atom stereocenters. The van der Waals surface area contributed by atoms with Crippen molar-refractivity contribution in [2.75, 3.05) is 11.5 Å². The lowest BCUT2D eigenvalue weighted by atomic mass is 10.1. The molecular formula is C21H25NO3S. The van der Waals surface area contributed by atoms with Gasteiger partial charge in [0.05, 0.1) is 11.5 Å². The van der Waals surface area contributed by atoms with Gasteiger partial charge in [0, 0.05) is 18.2 Å². The van der Waals surface area contributed by atoms with Gasteiger partial charge in [0.25, 0.3) is 5.91 Å². The van der Waals surface area contributed by atoms with E-state index in [0.29, 0.717) is 18.5 Å². The van der Waals surface area contributed by atoms with Crippen LogP contribution in [0.3, 0.4) is 0 Å². The lowest BCUT2D eigenvalue weighted by Gasteiger charge is -2.28. The topological polar surface area (TPSA) is 54.5 Å². The Hall–Kier alpha value is -2.14. The van der Waals surface area contributed by atoms with E-state index in [2.05, 4.69) is 19.1 Å². The van der Waals surface area contributed by atoms with Crippen molar-refractivity contribution in [1.82, 2.24) is 4.90 Å². The molecule has 26 heavy (non-hydrogen) atoms. The van der Waals surface area contributed by atoms with Gasteiger partial charge in [-0.2, -0.15) is 0 Å². The number of rotatable bonds is 5. The van der Waals surface area contributed by atoms with Crippen molar-refractivity contribution in [1.29, 1.82) is 0 Å². The third-order valence-corrected chi connectivity index (χ3v) is 6.74. The fourth-order valence-corrected chi connectivity index (χ4v) is 5.06. The Morgan fingerprint density at radius 1 is 1.04 bits per heavy atom. The molecule has 4 nitrogen and oxygen atoms in total. The van der Waals surface area contributed by atoms with Crippen molar-refractivity contribution in [3.8, 4) is 0 Å². The van der Waals surface area contributed by atoms with Crippen LogP contribution in [0, 0.1) is 6.92 Å². The molecule has 0 aliphatic carbocycles. The van der Waals surface area contributed by atoms with Crippen LogP contribution in [0.25, 0.3) is 0 Å². The molecule has 138 valence electrons. The van der Waals surface area contributed by atoms with E-state index < -0.39 is 9.84 Å². The van der Waals surface area contributed by atoms with Gasteiger partial charge in [0.2, 0.25) is 0 Å². The van der Waals surface area contributed by atoms with E-state index in [1.165, 1.54) is 5.56 Å². The van der Waals surface area contributed by atoms with Crippen LogP contribution in [0.2, 0.25) is 0 Å². The summed E-state index contributed by atoms with van der Waals surface area (Å²) < 4.78 is 23.9. The van der Waals surface area contributed by atoms with Crippen molar-refractivity contribution in [2.24, 2.45) is 0 Å². The lowest BCUT2D eigenvalue weighted by Crippen LogP contribution is -2.40. The Morgan fingerprint density at radius 2 is 1.65 bits per heavy atom. The molecular weight excluding hydrogens is 346 g/mol. The summed E-state index contributed by atoms with van der Waals surface area (Å²) in [7, 11) is -3.06. The predicted octanol–water partition coefficient (Wildman–Crippen LogP) is 3.39. The van der Waals surface area contributed by atoms with Gasteiger partial charge in [0.15, 0.2) is 9.84 Å². The Morgan fingerprint density at radius 3 is 2.19 bits per heavy atom. The average Bonchev–Trinajstić information content (AvgIpc) is 3.00. The smallest absolute Gasteiger partial charge is 0.254 e.